The highest BCUT2D eigenvalue weighted by Crippen LogP contribution is 2.27. The van der Waals surface area contributed by atoms with Crippen LogP contribution in [0.2, 0.25) is 0 Å². The lowest BCUT2D eigenvalue weighted by molar-refractivity contribution is -0.127. The maximum absolute atomic E-state index is 13.8. The van der Waals surface area contributed by atoms with E-state index in [1.807, 2.05) is 18.7 Å². The molecule has 0 aliphatic carbocycles. The van der Waals surface area contributed by atoms with Gasteiger partial charge in [0.05, 0.1) is 11.7 Å². The Bertz CT molecular complexity index is 1330. The molecule has 9 heteroatoms. The SMILES string of the molecule is CCN(C[C@H](C)O)C(=O)C(=O)c1ccc2[nH]c(C)c(C(=O)N3CCN(Cc4ccc(F)cc4)C[C@H]3C)c2c1. The van der Waals surface area contributed by atoms with Gasteiger partial charge in [-0.05, 0) is 63.6 Å². The highest BCUT2D eigenvalue weighted by atomic mass is 19.1. The van der Waals surface area contributed by atoms with Crippen molar-refractivity contribution >= 4 is 28.5 Å². The molecule has 1 fully saturated rings. The fourth-order valence-electron chi connectivity index (χ4n) is 5.16. The zero-order valence-electron chi connectivity index (χ0n) is 22.3. The van der Waals surface area contributed by atoms with Crippen molar-refractivity contribution in [1.82, 2.24) is 19.7 Å². The first-order valence-corrected chi connectivity index (χ1v) is 13.0. The number of benzene rings is 2. The molecule has 4 rings (SSSR count). The second-order valence-electron chi connectivity index (χ2n) is 10.1. The highest BCUT2D eigenvalue weighted by molar-refractivity contribution is 6.43. The maximum atomic E-state index is 13.8. The minimum Gasteiger partial charge on any atom is -0.392 e. The smallest absolute Gasteiger partial charge is 0.295 e. The third kappa shape index (κ3) is 5.79. The normalized spacial score (nSPS) is 17.0. The Morgan fingerprint density at radius 2 is 1.87 bits per heavy atom. The lowest BCUT2D eigenvalue weighted by Gasteiger charge is -2.40. The van der Waals surface area contributed by atoms with Crippen molar-refractivity contribution in [1.29, 1.82) is 0 Å². The van der Waals surface area contributed by atoms with Gasteiger partial charge >= 0.3 is 0 Å². The van der Waals surface area contributed by atoms with Crippen molar-refractivity contribution in [3.63, 3.8) is 0 Å². The number of amides is 2. The number of carbonyl (C=O) groups is 3. The van der Waals surface area contributed by atoms with Crippen molar-refractivity contribution in [3.05, 3.63) is 70.7 Å². The van der Waals surface area contributed by atoms with Crippen molar-refractivity contribution in [3.8, 4) is 0 Å². The summed E-state index contributed by atoms with van der Waals surface area (Å²) in [5.74, 6) is -1.74. The quantitative estimate of drug-likeness (QED) is 0.349. The number of likely N-dealkylation sites (N-methyl/N-ethyl adjacent to an activating group) is 1. The van der Waals surface area contributed by atoms with E-state index in [2.05, 4.69) is 9.88 Å². The molecule has 1 aromatic heterocycles. The monoisotopic (exact) mass is 522 g/mol. The molecule has 2 amide bonds. The highest BCUT2D eigenvalue weighted by Gasteiger charge is 2.31. The molecule has 0 saturated carbocycles. The summed E-state index contributed by atoms with van der Waals surface area (Å²) in [6.45, 7) is 10.1. The van der Waals surface area contributed by atoms with Crippen LogP contribution < -0.4 is 0 Å². The Labute approximate surface area is 222 Å². The number of carbonyl (C=O) groups excluding carboxylic acids is 3. The van der Waals surface area contributed by atoms with E-state index in [4.69, 9.17) is 0 Å². The first-order valence-electron chi connectivity index (χ1n) is 13.0. The lowest BCUT2D eigenvalue weighted by atomic mass is 10.0. The number of aromatic amines is 1. The summed E-state index contributed by atoms with van der Waals surface area (Å²) in [5, 5.41) is 10.3. The summed E-state index contributed by atoms with van der Waals surface area (Å²) >= 11 is 0. The summed E-state index contributed by atoms with van der Waals surface area (Å²) in [7, 11) is 0. The number of H-pyrrole nitrogens is 1. The van der Waals surface area contributed by atoms with Gasteiger partial charge in [0, 0.05) is 67.5 Å². The third-order valence-corrected chi connectivity index (χ3v) is 7.10. The maximum Gasteiger partial charge on any atom is 0.295 e. The van der Waals surface area contributed by atoms with Crippen molar-refractivity contribution in [2.75, 3.05) is 32.7 Å². The van der Waals surface area contributed by atoms with Crippen LogP contribution in [-0.4, -0.2) is 87.3 Å². The molecule has 8 nitrogen and oxygen atoms in total. The molecular formula is C29H35FN4O4. The van der Waals surface area contributed by atoms with Gasteiger partial charge in [0.2, 0.25) is 5.78 Å². The first kappa shape index (κ1) is 27.5. The van der Waals surface area contributed by atoms with E-state index in [9.17, 15) is 23.9 Å². The number of Topliss-reactive ketones (excluding diaryl/α,β-unsaturated/α-hetero) is 1. The van der Waals surface area contributed by atoms with Gasteiger partial charge in [-0.3, -0.25) is 19.3 Å². The summed E-state index contributed by atoms with van der Waals surface area (Å²) in [5.41, 5.74) is 3.14. The Morgan fingerprint density at radius 3 is 2.50 bits per heavy atom. The van der Waals surface area contributed by atoms with Gasteiger partial charge in [0.15, 0.2) is 0 Å². The number of rotatable bonds is 8. The van der Waals surface area contributed by atoms with Gasteiger partial charge in [-0.25, -0.2) is 4.39 Å². The van der Waals surface area contributed by atoms with Crippen LogP contribution in [0.3, 0.4) is 0 Å². The molecule has 1 aliphatic rings. The molecule has 1 saturated heterocycles. The van der Waals surface area contributed by atoms with Gasteiger partial charge in [-0.1, -0.05) is 12.1 Å². The Hall–Kier alpha value is -3.56. The Balaban J connectivity index is 1.53. The van der Waals surface area contributed by atoms with E-state index in [-0.39, 0.29) is 29.9 Å². The molecule has 0 radical (unpaired) electrons. The van der Waals surface area contributed by atoms with Crippen molar-refractivity contribution < 1.29 is 23.9 Å². The van der Waals surface area contributed by atoms with E-state index in [0.29, 0.717) is 54.9 Å². The third-order valence-electron chi connectivity index (χ3n) is 7.10. The molecule has 2 heterocycles. The second-order valence-corrected chi connectivity index (χ2v) is 10.1. The van der Waals surface area contributed by atoms with E-state index < -0.39 is 17.8 Å². The molecule has 2 atom stereocenters. The largest absolute Gasteiger partial charge is 0.392 e. The van der Waals surface area contributed by atoms with E-state index in [1.54, 1.807) is 44.2 Å². The second kappa shape index (κ2) is 11.4. The zero-order chi connectivity index (χ0) is 27.6. The minimum absolute atomic E-state index is 0.0500. The number of ketones is 1. The Morgan fingerprint density at radius 1 is 1.16 bits per heavy atom. The molecule has 0 spiro atoms. The van der Waals surface area contributed by atoms with Crippen LogP contribution >= 0.6 is 0 Å². The number of hydrogen-bond donors (Lipinski definition) is 2. The topological polar surface area (TPSA) is 96.9 Å². The fraction of sp³-hybridized carbons (Fsp3) is 0.414. The Kier molecular flexibility index (Phi) is 8.28. The summed E-state index contributed by atoms with van der Waals surface area (Å²) in [6, 6.07) is 11.3. The number of fused-ring (bicyclic) bond motifs is 1. The summed E-state index contributed by atoms with van der Waals surface area (Å²) in [6.07, 6.45) is -0.746. The lowest BCUT2D eigenvalue weighted by Crippen LogP contribution is -2.53. The number of aryl methyl sites for hydroxylation is 1. The van der Waals surface area contributed by atoms with Crippen LogP contribution in [0.5, 0.6) is 0 Å². The van der Waals surface area contributed by atoms with Gasteiger partial charge in [0.25, 0.3) is 11.8 Å². The number of aliphatic hydroxyl groups excluding tert-OH is 1. The fourth-order valence-corrected chi connectivity index (χ4v) is 5.16. The summed E-state index contributed by atoms with van der Waals surface area (Å²) < 4.78 is 13.2. The first-order chi connectivity index (χ1) is 18.1. The number of nitrogens with zero attached hydrogens (tertiary/aromatic N) is 3. The standard InChI is InChI=1S/C29H35FN4O4/c1-5-33(16-19(3)35)29(38)27(36)22-8-11-25-24(14-22)26(20(4)31-25)28(37)34-13-12-32(15-18(34)2)17-21-6-9-23(30)10-7-21/h6-11,14,18-19,31,35H,5,12-13,15-17H2,1-4H3/t18-,19+/m1/s1. The van der Waals surface area contributed by atoms with Crippen molar-refractivity contribution in [2.45, 2.75) is 46.4 Å². The molecule has 3 aromatic rings. The molecule has 1 aliphatic heterocycles. The molecule has 38 heavy (non-hydrogen) atoms. The van der Waals surface area contributed by atoms with Crippen LogP contribution in [0.25, 0.3) is 10.9 Å². The van der Waals surface area contributed by atoms with Crippen LogP contribution in [0, 0.1) is 12.7 Å². The number of halogens is 1. The van der Waals surface area contributed by atoms with Crippen LogP contribution in [0.1, 0.15) is 52.7 Å². The number of piperazine rings is 1. The zero-order valence-corrected chi connectivity index (χ0v) is 22.3. The molecule has 2 N–H and O–H groups in total. The van der Waals surface area contributed by atoms with Crippen LogP contribution in [-0.2, 0) is 11.3 Å². The van der Waals surface area contributed by atoms with E-state index in [0.717, 1.165) is 5.56 Å². The van der Waals surface area contributed by atoms with Crippen LogP contribution in [0.4, 0.5) is 4.39 Å². The number of aliphatic hydroxyl groups is 1. The van der Waals surface area contributed by atoms with E-state index >= 15 is 0 Å². The molecular weight excluding hydrogens is 487 g/mol. The van der Waals surface area contributed by atoms with Gasteiger partial charge in [-0.2, -0.15) is 0 Å². The van der Waals surface area contributed by atoms with E-state index in [1.165, 1.54) is 17.0 Å². The van der Waals surface area contributed by atoms with Crippen molar-refractivity contribution in [2.24, 2.45) is 0 Å². The van der Waals surface area contributed by atoms with Gasteiger partial charge in [0.1, 0.15) is 5.82 Å². The molecule has 2 aromatic carbocycles. The summed E-state index contributed by atoms with van der Waals surface area (Å²) in [4.78, 5) is 48.2. The average Bonchev–Trinajstić information content (AvgIpc) is 3.22. The molecule has 0 bridgehead atoms. The van der Waals surface area contributed by atoms with Crippen LogP contribution in [0.15, 0.2) is 42.5 Å². The number of hydrogen-bond acceptors (Lipinski definition) is 5. The molecule has 0 unspecified atom stereocenters. The number of aromatic nitrogens is 1. The predicted octanol–water partition coefficient (Wildman–Crippen LogP) is 3.37. The number of nitrogens with one attached hydrogen (secondary N) is 1. The minimum atomic E-state index is -0.746. The molecule has 202 valence electrons. The predicted molar refractivity (Wildman–Crippen MR) is 143 cm³/mol. The van der Waals surface area contributed by atoms with Gasteiger partial charge in [-0.15, -0.1) is 0 Å². The average molecular weight is 523 g/mol. The van der Waals surface area contributed by atoms with Gasteiger partial charge < -0.3 is 19.9 Å².